The van der Waals surface area contributed by atoms with E-state index in [1.165, 1.54) is 12.1 Å². The van der Waals surface area contributed by atoms with Crippen LogP contribution in [0.1, 0.15) is 42.1 Å². The van der Waals surface area contributed by atoms with Gasteiger partial charge in [0.1, 0.15) is 5.75 Å². The minimum atomic E-state index is -0.774. The van der Waals surface area contributed by atoms with Gasteiger partial charge in [-0.25, -0.2) is 0 Å². The Morgan fingerprint density at radius 2 is 1.97 bits per heavy atom. The van der Waals surface area contributed by atoms with E-state index < -0.39 is 6.10 Å². The third-order valence-electron chi connectivity index (χ3n) is 6.90. The van der Waals surface area contributed by atoms with Crippen LogP contribution in [-0.2, 0) is 11.3 Å². The highest BCUT2D eigenvalue weighted by atomic mass is 35.5. The van der Waals surface area contributed by atoms with Crippen molar-refractivity contribution in [3.63, 3.8) is 0 Å². The molecule has 1 atom stereocenters. The topological polar surface area (TPSA) is 118 Å². The Morgan fingerprint density at radius 1 is 1.19 bits per heavy atom. The average Bonchev–Trinajstić information content (AvgIpc) is 2.87. The number of likely N-dealkylation sites (tertiary alicyclic amines) is 1. The monoisotopic (exact) mass is 512 g/mol. The fourth-order valence-electron chi connectivity index (χ4n) is 4.67. The predicted molar refractivity (Wildman–Crippen MR) is 141 cm³/mol. The molecule has 9 heteroatoms. The first-order valence-corrected chi connectivity index (χ1v) is 12.7. The summed E-state index contributed by atoms with van der Waals surface area (Å²) in [5.74, 6) is 0.00690. The normalized spacial score (nSPS) is 15.8. The number of amides is 1. The predicted octanol–water partition coefficient (Wildman–Crippen LogP) is 2.99. The number of aromatic nitrogens is 1. The van der Waals surface area contributed by atoms with Gasteiger partial charge in [-0.3, -0.25) is 9.59 Å². The van der Waals surface area contributed by atoms with E-state index in [1.54, 1.807) is 12.1 Å². The summed E-state index contributed by atoms with van der Waals surface area (Å²) < 4.78 is 0. The van der Waals surface area contributed by atoms with Crippen LogP contribution in [-0.4, -0.2) is 58.2 Å². The van der Waals surface area contributed by atoms with E-state index in [0.29, 0.717) is 47.5 Å². The fourth-order valence-corrected chi connectivity index (χ4v) is 4.87. The number of benzene rings is 2. The van der Waals surface area contributed by atoms with Crippen molar-refractivity contribution in [1.82, 2.24) is 20.5 Å². The van der Waals surface area contributed by atoms with Crippen LogP contribution in [0.3, 0.4) is 0 Å². The first kappa shape index (κ1) is 26.2. The second-order valence-electron chi connectivity index (χ2n) is 9.42. The van der Waals surface area contributed by atoms with Crippen LogP contribution >= 0.6 is 11.6 Å². The number of nitrogens with one attached hydrogen (secondary N) is 3. The number of phenols is 1. The zero-order valence-electron chi connectivity index (χ0n) is 20.4. The van der Waals surface area contributed by atoms with Gasteiger partial charge >= 0.3 is 0 Å². The van der Waals surface area contributed by atoms with Gasteiger partial charge in [0.15, 0.2) is 0 Å². The van der Waals surface area contributed by atoms with Gasteiger partial charge in [-0.15, -0.1) is 0 Å². The fraction of sp³-hybridized carbons (Fsp3) is 0.407. The number of aliphatic hydroxyl groups excluding tert-OH is 1. The molecule has 1 fully saturated rings. The SMILES string of the molecule is Cc1ccc(Cl)cc1CNC(=O)CCN1CCC(NCC(O)c2ccc(O)c3[nH]c(=O)ccc23)CC1. The Kier molecular flexibility index (Phi) is 8.64. The van der Waals surface area contributed by atoms with Crippen LogP contribution in [0.4, 0.5) is 0 Å². The molecule has 2 aromatic carbocycles. The number of hydrogen-bond acceptors (Lipinski definition) is 6. The van der Waals surface area contributed by atoms with Gasteiger partial charge in [-0.05, 0) is 73.8 Å². The van der Waals surface area contributed by atoms with Gasteiger partial charge in [0.05, 0.1) is 11.6 Å². The summed E-state index contributed by atoms with van der Waals surface area (Å²) in [6, 6.07) is 12.1. The molecule has 8 nitrogen and oxygen atoms in total. The number of pyridine rings is 1. The Hall–Kier alpha value is -2.91. The summed E-state index contributed by atoms with van der Waals surface area (Å²) in [5.41, 5.74) is 2.82. The molecule has 2 heterocycles. The molecule has 5 N–H and O–H groups in total. The number of hydrogen-bond donors (Lipinski definition) is 5. The van der Waals surface area contributed by atoms with Crippen molar-refractivity contribution in [3.05, 3.63) is 74.5 Å². The number of aliphatic hydroxyl groups is 1. The standard InChI is InChI=1S/C27H33ClN4O4/c1-17-2-3-19(28)14-18(17)15-30-25(35)10-13-32-11-8-20(9-12-32)29-16-24(34)21-4-6-23(33)27-22(21)5-7-26(36)31-27/h2-7,14,20,24,29,33-34H,8-13,15-16H2,1H3,(H,30,35)(H,31,36). The van der Waals surface area contributed by atoms with Gasteiger partial charge in [-0.1, -0.05) is 23.7 Å². The number of carbonyl (C=O) groups excluding carboxylic acids is 1. The molecule has 1 aromatic heterocycles. The van der Waals surface area contributed by atoms with E-state index in [4.69, 9.17) is 11.6 Å². The number of fused-ring (bicyclic) bond motifs is 1. The summed E-state index contributed by atoms with van der Waals surface area (Å²) in [7, 11) is 0. The zero-order valence-corrected chi connectivity index (χ0v) is 21.1. The molecule has 36 heavy (non-hydrogen) atoms. The smallest absolute Gasteiger partial charge is 0.248 e. The van der Waals surface area contributed by atoms with Crippen molar-refractivity contribution in [2.75, 3.05) is 26.2 Å². The summed E-state index contributed by atoms with van der Waals surface area (Å²) in [5, 5.41) is 28.5. The molecule has 0 saturated carbocycles. The van der Waals surface area contributed by atoms with E-state index >= 15 is 0 Å². The highest BCUT2D eigenvalue weighted by molar-refractivity contribution is 6.30. The second kappa shape index (κ2) is 11.9. The first-order valence-electron chi connectivity index (χ1n) is 12.3. The van der Waals surface area contributed by atoms with Crippen LogP contribution in [0.5, 0.6) is 5.75 Å². The number of H-pyrrole nitrogens is 1. The summed E-state index contributed by atoms with van der Waals surface area (Å²) in [6.45, 7) is 5.34. The molecule has 0 radical (unpaired) electrons. The quantitative estimate of drug-likeness (QED) is 0.301. The lowest BCUT2D eigenvalue weighted by Crippen LogP contribution is -2.44. The first-order chi connectivity index (χ1) is 17.3. The summed E-state index contributed by atoms with van der Waals surface area (Å²) in [4.78, 5) is 28.8. The lowest BCUT2D eigenvalue weighted by atomic mass is 10.0. The number of halogens is 1. The minimum Gasteiger partial charge on any atom is -0.506 e. The van der Waals surface area contributed by atoms with Crippen molar-refractivity contribution in [2.45, 2.75) is 44.9 Å². The van der Waals surface area contributed by atoms with Gasteiger partial charge in [0, 0.05) is 48.6 Å². The number of aromatic amines is 1. The Balaban J connectivity index is 1.19. The molecule has 1 unspecified atom stereocenters. The largest absolute Gasteiger partial charge is 0.506 e. The minimum absolute atomic E-state index is 0.0211. The third kappa shape index (κ3) is 6.64. The maximum Gasteiger partial charge on any atom is 0.248 e. The molecule has 4 rings (SSSR count). The molecular weight excluding hydrogens is 480 g/mol. The highest BCUT2D eigenvalue weighted by Crippen LogP contribution is 2.28. The molecule has 3 aromatic rings. The highest BCUT2D eigenvalue weighted by Gasteiger charge is 2.21. The number of nitrogens with zero attached hydrogens (tertiary/aromatic N) is 1. The van der Waals surface area contributed by atoms with Crippen molar-refractivity contribution in [1.29, 1.82) is 0 Å². The Morgan fingerprint density at radius 3 is 2.75 bits per heavy atom. The molecule has 1 aliphatic heterocycles. The van der Waals surface area contributed by atoms with Crippen molar-refractivity contribution >= 4 is 28.4 Å². The van der Waals surface area contributed by atoms with Crippen LogP contribution < -0.4 is 16.2 Å². The Bertz CT molecular complexity index is 1270. The maximum atomic E-state index is 12.3. The number of aryl methyl sites for hydroxylation is 1. The van der Waals surface area contributed by atoms with Crippen LogP contribution in [0.15, 0.2) is 47.3 Å². The molecule has 1 aliphatic rings. The second-order valence-corrected chi connectivity index (χ2v) is 9.86. The molecule has 1 saturated heterocycles. The summed E-state index contributed by atoms with van der Waals surface area (Å²) in [6.07, 6.45) is 1.54. The van der Waals surface area contributed by atoms with Crippen molar-refractivity contribution < 1.29 is 15.0 Å². The van der Waals surface area contributed by atoms with Crippen LogP contribution in [0, 0.1) is 6.92 Å². The lowest BCUT2D eigenvalue weighted by molar-refractivity contribution is -0.121. The number of rotatable bonds is 9. The van der Waals surface area contributed by atoms with Crippen LogP contribution in [0.2, 0.25) is 5.02 Å². The van der Waals surface area contributed by atoms with Gasteiger partial charge in [0.2, 0.25) is 11.5 Å². The zero-order chi connectivity index (χ0) is 25.7. The molecular formula is C27H33ClN4O4. The van der Waals surface area contributed by atoms with Gasteiger partial charge in [-0.2, -0.15) is 0 Å². The van der Waals surface area contributed by atoms with Crippen molar-refractivity contribution in [2.24, 2.45) is 0 Å². The maximum absolute atomic E-state index is 12.3. The van der Waals surface area contributed by atoms with E-state index in [9.17, 15) is 19.8 Å². The molecule has 0 spiro atoms. The van der Waals surface area contributed by atoms with Crippen LogP contribution in [0.25, 0.3) is 10.9 Å². The van der Waals surface area contributed by atoms with Gasteiger partial charge in [0.25, 0.3) is 0 Å². The lowest BCUT2D eigenvalue weighted by Gasteiger charge is -2.32. The van der Waals surface area contributed by atoms with E-state index in [2.05, 4.69) is 20.5 Å². The van der Waals surface area contributed by atoms with E-state index in [0.717, 1.165) is 37.1 Å². The summed E-state index contributed by atoms with van der Waals surface area (Å²) >= 11 is 6.05. The third-order valence-corrected chi connectivity index (χ3v) is 7.13. The number of aromatic hydroxyl groups is 1. The molecule has 0 bridgehead atoms. The molecule has 1 amide bonds. The average molecular weight is 513 g/mol. The molecule has 192 valence electrons. The van der Waals surface area contributed by atoms with Crippen molar-refractivity contribution in [3.8, 4) is 5.75 Å². The Labute approximate surface area is 215 Å². The molecule has 0 aliphatic carbocycles. The van der Waals surface area contributed by atoms with E-state index in [-0.39, 0.29) is 23.3 Å². The number of carbonyl (C=O) groups is 1. The number of phenolic OH excluding ortho intramolecular Hbond substituents is 1. The van der Waals surface area contributed by atoms with Gasteiger partial charge < -0.3 is 30.7 Å². The number of piperidine rings is 1. The van der Waals surface area contributed by atoms with E-state index in [1.807, 2.05) is 25.1 Å².